The maximum absolute atomic E-state index is 10.8. The molecule has 2 N–H and O–H groups in total. The highest BCUT2D eigenvalue weighted by molar-refractivity contribution is 5.72. The van der Waals surface area contributed by atoms with Gasteiger partial charge in [0.25, 0.3) is 0 Å². The molecule has 0 saturated heterocycles. The zero-order valence-electron chi connectivity index (χ0n) is 8.47. The van der Waals surface area contributed by atoms with Gasteiger partial charge >= 0.3 is 11.9 Å². The lowest BCUT2D eigenvalue weighted by Gasteiger charge is -2.17. The summed E-state index contributed by atoms with van der Waals surface area (Å²) in [5.74, 6) is -2.09. The molecule has 15 heavy (non-hydrogen) atoms. The second-order valence-corrected chi connectivity index (χ2v) is 4.48. The van der Waals surface area contributed by atoms with E-state index in [1.54, 1.807) is 0 Å². The van der Waals surface area contributed by atoms with E-state index in [0.717, 1.165) is 0 Å². The number of hydrogen-bond acceptors (Lipinski definition) is 4. The van der Waals surface area contributed by atoms with Gasteiger partial charge in [0.1, 0.15) is 0 Å². The minimum atomic E-state index is -0.890. The molecule has 5 heteroatoms. The molecule has 0 aromatic heterocycles. The Kier molecular flexibility index (Phi) is 2.22. The molecule has 2 aliphatic rings. The van der Waals surface area contributed by atoms with Crippen LogP contribution in [0, 0.1) is 17.8 Å². The zero-order valence-corrected chi connectivity index (χ0v) is 8.47. The van der Waals surface area contributed by atoms with Crippen LogP contribution in [-0.2, 0) is 14.3 Å². The molecule has 0 bridgehead atoms. The lowest BCUT2D eigenvalue weighted by molar-refractivity contribution is -0.143. The first-order valence-corrected chi connectivity index (χ1v) is 5.03. The number of rotatable bonds is 3. The van der Waals surface area contributed by atoms with Gasteiger partial charge in [0.05, 0.1) is 18.1 Å². The maximum atomic E-state index is 10.8. The van der Waals surface area contributed by atoms with Crippen LogP contribution in [0.5, 0.6) is 0 Å². The van der Waals surface area contributed by atoms with E-state index in [0.29, 0.717) is 12.8 Å². The summed E-state index contributed by atoms with van der Waals surface area (Å²) < 4.78 is 4.82. The van der Waals surface area contributed by atoms with Gasteiger partial charge in [-0.1, -0.05) is 0 Å². The van der Waals surface area contributed by atoms with Gasteiger partial charge in [0.2, 0.25) is 0 Å². The van der Waals surface area contributed by atoms with Crippen molar-refractivity contribution in [2.24, 2.45) is 17.8 Å². The Hall–Kier alpha value is -1.10. The second-order valence-electron chi connectivity index (χ2n) is 4.48. The van der Waals surface area contributed by atoms with Crippen LogP contribution in [0.3, 0.4) is 0 Å². The van der Waals surface area contributed by atoms with Crippen molar-refractivity contribution in [2.45, 2.75) is 25.4 Å². The number of ether oxygens (including phenoxy) is 1. The normalized spacial score (nSPS) is 42.1. The van der Waals surface area contributed by atoms with Crippen LogP contribution < -0.4 is 0 Å². The maximum Gasteiger partial charge on any atom is 0.306 e. The summed E-state index contributed by atoms with van der Waals surface area (Å²) in [6, 6.07) is 0. The highest BCUT2D eigenvalue weighted by atomic mass is 16.5. The third-order valence-corrected chi connectivity index (χ3v) is 3.56. The molecule has 0 radical (unpaired) electrons. The van der Waals surface area contributed by atoms with Crippen molar-refractivity contribution >= 4 is 11.9 Å². The van der Waals surface area contributed by atoms with Crippen molar-refractivity contribution in [2.75, 3.05) is 6.61 Å². The lowest BCUT2D eigenvalue weighted by atomic mass is 9.97. The van der Waals surface area contributed by atoms with E-state index in [-0.39, 0.29) is 18.4 Å². The Labute approximate surface area is 87.0 Å². The van der Waals surface area contributed by atoms with E-state index in [4.69, 9.17) is 9.84 Å². The molecular weight excluding hydrogens is 200 g/mol. The van der Waals surface area contributed by atoms with Gasteiger partial charge in [-0.25, -0.2) is 0 Å². The fourth-order valence-corrected chi connectivity index (χ4v) is 2.63. The van der Waals surface area contributed by atoms with Crippen LogP contribution in [0.1, 0.15) is 19.8 Å². The van der Waals surface area contributed by atoms with Gasteiger partial charge in [-0.3, -0.25) is 9.59 Å². The molecule has 0 aromatic carbocycles. The van der Waals surface area contributed by atoms with Crippen LogP contribution in [0.25, 0.3) is 0 Å². The number of hydrogen-bond donors (Lipinski definition) is 2. The molecule has 0 amide bonds. The zero-order chi connectivity index (χ0) is 11.2. The number of aliphatic hydroxyl groups is 1. The number of aliphatic carboxylic acids is 1. The van der Waals surface area contributed by atoms with E-state index in [2.05, 4.69) is 0 Å². The fraction of sp³-hybridized carbons (Fsp3) is 0.800. The molecule has 0 heterocycles. The average Bonchev–Trinajstić information content (AvgIpc) is 2.70. The van der Waals surface area contributed by atoms with Crippen LogP contribution in [0.4, 0.5) is 0 Å². The highest BCUT2D eigenvalue weighted by Crippen LogP contribution is 2.61. The number of carbonyl (C=O) groups is 2. The Balaban J connectivity index is 1.97. The second kappa shape index (κ2) is 3.20. The summed E-state index contributed by atoms with van der Waals surface area (Å²) in [7, 11) is 0. The van der Waals surface area contributed by atoms with Crippen molar-refractivity contribution in [3.05, 3.63) is 0 Å². The Morgan fingerprint density at radius 2 is 2.20 bits per heavy atom. The van der Waals surface area contributed by atoms with E-state index in [1.807, 2.05) is 0 Å². The van der Waals surface area contributed by atoms with Crippen LogP contribution in [0.15, 0.2) is 0 Å². The number of carbonyl (C=O) groups excluding carboxylic acids is 1. The molecule has 0 aliphatic heterocycles. The topological polar surface area (TPSA) is 83.8 Å². The summed E-state index contributed by atoms with van der Waals surface area (Å²) in [6.45, 7) is 1.43. The van der Waals surface area contributed by atoms with Crippen LogP contribution in [0.2, 0.25) is 0 Å². The minimum absolute atomic E-state index is 0.131. The van der Waals surface area contributed by atoms with Crippen LogP contribution >= 0.6 is 0 Å². The van der Waals surface area contributed by atoms with Gasteiger partial charge in [0, 0.05) is 18.8 Å². The van der Waals surface area contributed by atoms with E-state index in [9.17, 15) is 14.7 Å². The van der Waals surface area contributed by atoms with E-state index in [1.165, 1.54) is 6.92 Å². The van der Waals surface area contributed by atoms with Crippen molar-refractivity contribution < 1.29 is 24.5 Å². The molecule has 5 nitrogen and oxygen atoms in total. The molecule has 2 saturated carbocycles. The molecule has 0 aromatic rings. The standard InChI is InChI=1S/C10H14O5/c1-5(11)15-4-6-2-7(9(12)13)8-3-10(6,8)14/h6-8,14H,2-4H2,1H3,(H,12,13). The summed E-state index contributed by atoms with van der Waals surface area (Å²) in [4.78, 5) is 21.5. The highest BCUT2D eigenvalue weighted by Gasteiger charge is 2.68. The predicted octanol–water partition coefficient (Wildman–Crippen LogP) is 0.0212. The molecule has 2 aliphatic carbocycles. The average molecular weight is 214 g/mol. The van der Waals surface area contributed by atoms with Crippen LogP contribution in [-0.4, -0.2) is 34.4 Å². The fourth-order valence-electron chi connectivity index (χ4n) is 2.63. The molecule has 2 fully saturated rings. The van der Waals surface area contributed by atoms with Crippen molar-refractivity contribution in [1.82, 2.24) is 0 Å². The van der Waals surface area contributed by atoms with Crippen molar-refractivity contribution in [3.8, 4) is 0 Å². The predicted molar refractivity (Wildman–Crippen MR) is 48.9 cm³/mol. The number of fused-ring (bicyclic) bond motifs is 1. The number of carboxylic acid groups (broad SMARTS) is 1. The first-order valence-electron chi connectivity index (χ1n) is 5.03. The summed E-state index contributed by atoms with van der Waals surface area (Å²) in [5, 5.41) is 18.9. The first kappa shape index (κ1) is 10.4. The summed E-state index contributed by atoms with van der Waals surface area (Å²) in [6.07, 6.45) is 0.930. The van der Waals surface area contributed by atoms with E-state index < -0.39 is 23.5 Å². The number of esters is 1. The first-order chi connectivity index (χ1) is 6.95. The number of carboxylic acids is 1. The van der Waals surface area contributed by atoms with Gasteiger partial charge in [-0.2, -0.15) is 0 Å². The minimum Gasteiger partial charge on any atom is -0.481 e. The van der Waals surface area contributed by atoms with E-state index >= 15 is 0 Å². The Morgan fingerprint density at radius 1 is 1.53 bits per heavy atom. The van der Waals surface area contributed by atoms with Gasteiger partial charge < -0.3 is 14.9 Å². The smallest absolute Gasteiger partial charge is 0.306 e. The molecule has 84 valence electrons. The van der Waals surface area contributed by atoms with Crippen molar-refractivity contribution in [3.63, 3.8) is 0 Å². The van der Waals surface area contributed by atoms with Gasteiger partial charge in [-0.15, -0.1) is 0 Å². The Morgan fingerprint density at radius 3 is 2.67 bits per heavy atom. The quantitative estimate of drug-likeness (QED) is 0.647. The monoisotopic (exact) mass is 214 g/mol. The SMILES string of the molecule is CC(=O)OCC1CC(C(=O)O)C2CC12O. The molecular formula is C10H14O5. The molecule has 4 unspecified atom stereocenters. The molecule has 0 spiro atoms. The molecule has 2 rings (SSSR count). The lowest BCUT2D eigenvalue weighted by Crippen LogP contribution is -2.25. The van der Waals surface area contributed by atoms with Gasteiger partial charge in [-0.05, 0) is 12.8 Å². The van der Waals surface area contributed by atoms with Crippen molar-refractivity contribution in [1.29, 1.82) is 0 Å². The summed E-state index contributed by atoms with van der Waals surface area (Å²) >= 11 is 0. The Bertz CT molecular complexity index is 313. The largest absolute Gasteiger partial charge is 0.481 e. The third kappa shape index (κ3) is 1.61. The third-order valence-electron chi connectivity index (χ3n) is 3.56. The summed E-state index contributed by atoms with van der Waals surface area (Å²) in [5.41, 5.74) is -0.890. The molecule has 4 atom stereocenters. The van der Waals surface area contributed by atoms with Gasteiger partial charge in [0.15, 0.2) is 0 Å².